The van der Waals surface area contributed by atoms with Crippen molar-refractivity contribution in [1.29, 1.82) is 0 Å². The van der Waals surface area contributed by atoms with E-state index in [4.69, 9.17) is 34.6 Å². The number of carbonyl (C=O) groups is 8. The Kier molecular flexibility index (Phi) is 16.0. The Bertz CT molecular complexity index is 4200. The fourth-order valence-electron chi connectivity index (χ4n) is 9.07. The van der Waals surface area contributed by atoms with Crippen LogP contribution in [0.5, 0.6) is 5.75 Å². The van der Waals surface area contributed by atoms with E-state index in [-0.39, 0.29) is 98.4 Å². The molecule has 86 heavy (non-hydrogen) atoms. The van der Waals surface area contributed by atoms with Crippen LogP contribution in [0.4, 0.5) is 0 Å². The Hall–Kier alpha value is -9.42. The number of allylic oxidation sites excluding steroid dienone is 1. The molecular formula is C52H43N13O16S5. The molecule has 6 atom stereocenters. The molecule has 0 radical (unpaired) electrons. The molecule has 8 aromatic rings. The van der Waals surface area contributed by atoms with Gasteiger partial charge < -0.3 is 71.8 Å². The average molecular weight is 1270 g/mol. The highest BCUT2D eigenvalue weighted by Gasteiger charge is 2.42. The first-order valence-corrected chi connectivity index (χ1v) is 29.5. The number of primary amides is 1. The predicted octanol–water partition coefficient (Wildman–Crippen LogP) is 3.05. The molecule has 11 N–H and O–H groups in total. The number of aromatic hydroxyl groups is 1. The van der Waals surface area contributed by atoms with Crippen molar-refractivity contribution in [2.75, 3.05) is 13.7 Å². The number of aromatic nitrogens is 7. The number of rotatable bonds is 6. The van der Waals surface area contributed by atoms with Crippen LogP contribution in [0.3, 0.4) is 0 Å². The molecule has 3 aliphatic rings. The molecule has 6 amide bonds. The van der Waals surface area contributed by atoms with Crippen LogP contribution in [-0.2, 0) is 46.5 Å². The third kappa shape index (κ3) is 11.1. The van der Waals surface area contributed by atoms with E-state index >= 15 is 0 Å². The van der Waals surface area contributed by atoms with Crippen LogP contribution in [0, 0.1) is 0 Å². The van der Waals surface area contributed by atoms with Crippen LogP contribution in [0.25, 0.3) is 49.3 Å². The fourth-order valence-corrected chi connectivity index (χ4v) is 13.3. The maximum atomic E-state index is 14.6. The Morgan fingerprint density at radius 3 is 2.23 bits per heavy atom. The molecule has 11 rings (SSSR count). The number of aliphatic hydroxyl groups excluding tert-OH is 2. The van der Waals surface area contributed by atoms with E-state index < -0.39 is 121 Å². The number of benzene rings is 1. The van der Waals surface area contributed by atoms with Gasteiger partial charge in [-0.2, -0.15) is 4.73 Å². The van der Waals surface area contributed by atoms with Crippen molar-refractivity contribution in [3.05, 3.63) is 124 Å². The Morgan fingerprint density at radius 1 is 0.826 bits per heavy atom. The molecule has 34 heteroatoms. The number of nitrogens with one attached hydrogen (secondary N) is 5. The van der Waals surface area contributed by atoms with Gasteiger partial charge in [-0.25, -0.2) is 39.5 Å². The number of methoxy groups -OCH3 is 1. The summed E-state index contributed by atoms with van der Waals surface area (Å²) >= 11 is 4.42. The predicted molar refractivity (Wildman–Crippen MR) is 304 cm³/mol. The number of amides is 6. The van der Waals surface area contributed by atoms with Gasteiger partial charge in [0.25, 0.3) is 29.5 Å². The van der Waals surface area contributed by atoms with Gasteiger partial charge in [-0.1, -0.05) is 18.7 Å². The molecule has 7 aromatic heterocycles. The summed E-state index contributed by atoms with van der Waals surface area (Å²) in [5, 5.41) is 66.3. The van der Waals surface area contributed by atoms with Gasteiger partial charge in [0.1, 0.15) is 120 Å². The molecule has 10 heterocycles. The lowest BCUT2D eigenvalue weighted by atomic mass is 10.0. The Balaban J connectivity index is 1.09. The minimum absolute atomic E-state index is 0.00373. The first kappa shape index (κ1) is 58.4. The third-order valence-corrected chi connectivity index (χ3v) is 17.9. The smallest absolute Gasteiger partial charge is 0.358 e. The molecule has 0 saturated heterocycles. The topological polar surface area (TPSA) is 423 Å². The lowest BCUT2D eigenvalue weighted by Crippen LogP contribution is -2.52. The molecule has 3 aliphatic heterocycles. The van der Waals surface area contributed by atoms with Gasteiger partial charge in [0.2, 0.25) is 5.91 Å². The maximum absolute atomic E-state index is 14.6. The zero-order chi connectivity index (χ0) is 61.0. The van der Waals surface area contributed by atoms with Crippen LogP contribution in [0.15, 0.2) is 69.2 Å². The molecule has 1 aromatic carbocycles. The van der Waals surface area contributed by atoms with E-state index in [9.17, 15) is 58.9 Å². The number of cyclic esters (lactones) is 2. The first-order valence-electron chi connectivity index (χ1n) is 25.1. The Morgan fingerprint density at radius 2 is 1.49 bits per heavy atom. The van der Waals surface area contributed by atoms with Gasteiger partial charge in [0.15, 0.2) is 11.8 Å². The molecule has 0 spiro atoms. The number of thiazole rings is 5. The Labute approximate surface area is 502 Å². The quantitative estimate of drug-likeness (QED) is 0.0495. The van der Waals surface area contributed by atoms with Crippen molar-refractivity contribution in [2.24, 2.45) is 5.73 Å². The van der Waals surface area contributed by atoms with E-state index in [2.05, 4.69) is 53.1 Å². The second-order valence-electron chi connectivity index (χ2n) is 19.0. The summed E-state index contributed by atoms with van der Waals surface area (Å²) in [6, 6.07) is 1.18. The van der Waals surface area contributed by atoms with Gasteiger partial charge in [0, 0.05) is 43.4 Å². The summed E-state index contributed by atoms with van der Waals surface area (Å²) in [4.78, 5) is 138. The van der Waals surface area contributed by atoms with Crippen molar-refractivity contribution in [3.8, 4) is 38.4 Å². The van der Waals surface area contributed by atoms with E-state index in [0.717, 1.165) is 56.7 Å². The number of esters is 2. The number of carbonyl (C=O) groups excluding carboxylic acids is 8. The number of fused-ring (bicyclic) bond motifs is 15. The zero-order valence-corrected chi connectivity index (χ0v) is 48.5. The second kappa shape index (κ2) is 23.6. The van der Waals surface area contributed by atoms with Crippen LogP contribution < -0.4 is 32.3 Å². The van der Waals surface area contributed by atoms with Crippen LogP contribution in [0.2, 0.25) is 0 Å². The number of ether oxygens (including phenoxy) is 4. The minimum atomic E-state index is -2.20. The first-order chi connectivity index (χ1) is 41.2. The molecule has 12 bridgehead atoms. The van der Waals surface area contributed by atoms with Crippen LogP contribution in [-0.4, -0.2) is 141 Å². The minimum Gasteiger partial charge on any atom is -0.506 e. The summed E-state index contributed by atoms with van der Waals surface area (Å²) in [7, 11) is 1.29. The summed E-state index contributed by atoms with van der Waals surface area (Å²) < 4.78 is 24.0. The van der Waals surface area contributed by atoms with Crippen LogP contribution >= 0.6 is 56.7 Å². The largest absolute Gasteiger partial charge is 0.506 e. The van der Waals surface area contributed by atoms with Gasteiger partial charge in [-0.15, -0.1) is 56.7 Å². The third-order valence-electron chi connectivity index (χ3n) is 13.5. The lowest BCUT2D eigenvalue weighted by Gasteiger charge is -2.30. The van der Waals surface area contributed by atoms with Gasteiger partial charge >= 0.3 is 11.9 Å². The molecular weight excluding hydrogens is 1220 g/mol. The van der Waals surface area contributed by atoms with Crippen molar-refractivity contribution < 1.29 is 77.8 Å². The number of hydrogen-bond donors (Lipinski definition) is 10. The van der Waals surface area contributed by atoms with E-state index in [1.165, 1.54) is 66.1 Å². The fraction of sp³-hybridized carbons (Fsp3) is 0.231. The highest BCUT2D eigenvalue weighted by Crippen LogP contribution is 2.42. The summed E-state index contributed by atoms with van der Waals surface area (Å²) in [5.74, 6) is -8.39. The van der Waals surface area contributed by atoms with Crippen molar-refractivity contribution >= 4 is 121 Å². The van der Waals surface area contributed by atoms with E-state index in [1.807, 2.05) is 0 Å². The normalized spacial score (nSPS) is 20.2. The lowest BCUT2D eigenvalue weighted by molar-refractivity contribution is -0.166. The van der Waals surface area contributed by atoms with E-state index in [0.29, 0.717) is 10.3 Å². The standard InChI is InChI=1S/C52H43N13O16S5/c1-17(40(53)69)54-41(70)25-14-85-49(59-25)35-30(67)8-21-34(61-35)24-12-83-47(56-24)23-11-81-51(75)37-22-10-79-39(38(68)52(76)80-9-20-6-5-7-29(31(20)22)65(37)77)36(50-60-26(15-86-50)42(71)55-23)64-44(73)28-16-84-48(58-28)33(19(3)78-4)63-45(74)32(18(2)66)62-43(72)27-13-82-46(21)57-27/h5-8,12-16,18,23,32,36,38-39,66-68,77H,1,9-11H2,2-4H3,(H2,53,69)(H,54,70)(H,55,71)(H,62,72)(H,63,74)(H,64,73)/b33-19+/t18-,23+,32+,36+,38+,39-/m1/s1. The molecule has 0 aliphatic carbocycles. The molecule has 442 valence electrons. The summed E-state index contributed by atoms with van der Waals surface area (Å²) in [6.45, 7) is 4.37. The summed E-state index contributed by atoms with van der Waals surface area (Å²) in [5.41, 5.74) is 3.51. The molecule has 0 saturated carbocycles. The molecule has 0 unspecified atom stereocenters. The highest BCUT2D eigenvalue weighted by atomic mass is 32.1. The SMILES string of the molecule is C=C(NC(=O)c1csc(-c2nc3c(cc2O)-c2nc(cs2)C(=O)N[C@@H]([C@@H](C)O)C(=O)N/C(=C(\C)OC)c2nc(cs2)C(=O)N[C@@H]2c4nc(cs4)C(=O)N[C@@H](COC(=O)c4c5c6c(cccc6n4O)COC(=O)[C@@H](O)[C@@H]2OC5)c2nc-3cs2)n1)C(N)=O. The van der Waals surface area contributed by atoms with Crippen molar-refractivity contribution in [3.63, 3.8) is 0 Å². The zero-order valence-electron chi connectivity index (χ0n) is 44.4. The van der Waals surface area contributed by atoms with Gasteiger partial charge in [0.05, 0.1) is 31.0 Å². The maximum Gasteiger partial charge on any atom is 0.358 e. The molecule has 0 fully saturated rings. The van der Waals surface area contributed by atoms with Crippen LogP contribution in [0.1, 0.15) is 105 Å². The number of pyridine rings is 1. The summed E-state index contributed by atoms with van der Waals surface area (Å²) in [6.07, 6.45) is -5.56. The monoisotopic (exact) mass is 1270 g/mol. The number of nitrogens with two attached hydrogens (primary N) is 1. The number of nitrogens with zero attached hydrogens (tertiary/aromatic N) is 7. The van der Waals surface area contributed by atoms with Gasteiger partial charge in [-0.05, 0) is 31.5 Å². The molecule has 29 nitrogen and oxygen atoms in total. The average Bonchev–Trinajstić information content (AvgIpc) is 1.82. The van der Waals surface area contributed by atoms with Crippen molar-refractivity contribution in [2.45, 2.75) is 63.5 Å². The number of aliphatic hydroxyl groups is 2. The van der Waals surface area contributed by atoms with Crippen molar-refractivity contribution in [1.82, 2.24) is 61.2 Å². The highest BCUT2D eigenvalue weighted by molar-refractivity contribution is 7.14. The second-order valence-corrected chi connectivity index (χ2v) is 23.3. The van der Waals surface area contributed by atoms with E-state index in [1.54, 1.807) is 6.07 Å². The number of hydrogen-bond acceptors (Lipinski definition) is 27. The van der Waals surface area contributed by atoms with Gasteiger partial charge in [-0.3, -0.25) is 28.8 Å².